The van der Waals surface area contributed by atoms with Crippen LogP contribution in [0.2, 0.25) is 0 Å². The minimum Gasteiger partial charge on any atom is -0.383 e. The Morgan fingerprint density at radius 3 is 2.62 bits per heavy atom. The Balaban J connectivity index is 2.00. The second-order valence-electron chi connectivity index (χ2n) is 5.63. The molecule has 2 heterocycles. The summed E-state index contributed by atoms with van der Waals surface area (Å²) >= 11 is 1.68. The van der Waals surface area contributed by atoms with Crippen molar-refractivity contribution in [2.24, 2.45) is 5.10 Å². The molecule has 122 valence electrons. The number of benzene rings is 1. The van der Waals surface area contributed by atoms with Crippen LogP contribution in [0, 0.1) is 6.92 Å². The van der Waals surface area contributed by atoms with E-state index in [9.17, 15) is 0 Å². The SMILES string of the molecule is Cc1nc(-c2ccccc2)cn1/N=C(\C=C\N(C)C)c1cccs1. The molecule has 2 aromatic heterocycles. The van der Waals surface area contributed by atoms with Crippen LogP contribution in [0.15, 0.2) is 71.4 Å². The summed E-state index contributed by atoms with van der Waals surface area (Å²) in [7, 11) is 4.00. The maximum Gasteiger partial charge on any atom is 0.127 e. The molecule has 0 aliphatic rings. The number of hydrogen-bond donors (Lipinski definition) is 0. The number of rotatable bonds is 5. The van der Waals surface area contributed by atoms with E-state index >= 15 is 0 Å². The summed E-state index contributed by atoms with van der Waals surface area (Å²) in [4.78, 5) is 7.76. The van der Waals surface area contributed by atoms with Crippen molar-refractivity contribution in [2.75, 3.05) is 14.1 Å². The van der Waals surface area contributed by atoms with Crippen molar-refractivity contribution in [2.45, 2.75) is 6.92 Å². The number of thiophene rings is 1. The molecule has 0 atom stereocenters. The van der Waals surface area contributed by atoms with E-state index < -0.39 is 0 Å². The van der Waals surface area contributed by atoms with Crippen LogP contribution in [0.5, 0.6) is 0 Å². The number of imidazole rings is 1. The fraction of sp³-hybridized carbons (Fsp3) is 0.158. The van der Waals surface area contributed by atoms with E-state index in [1.54, 1.807) is 11.3 Å². The maximum atomic E-state index is 4.79. The summed E-state index contributed by atoms with van der Waals surface area (Å²) in [6.07, 6.45) is 6.00. The molecule has 3 rings (SSSR count). The molecule has 24 heavy (non-hydrogen) atoms. The average molecular weight is 336 g/mol. The van der Waals surface area contributed by atoms with Crippen LogP contribution in [-0.2, 0) is 0 Å². The first-order valence-electron chi connectivity index (χ1n) is 7.72. The van der Waals surface area contributed by atoms with Gasteiger partial charge in [-0.3, -0.25) is 0 Å². The van der Waals surface area contributed by atoms with Gasteiger partial charge in [0, 0.05) is 25.9 Å². The second-order valence-corrected chi connectivity index (χ2v) is 6.57. The molecule has 0 spiro atoms. The molecule has 0 amide bonds. The van der Waals surface area contributed by atoms with Gasteiger partial charge in [-0.2, -0.15) is 5.10 Å². The number of allylic oxidation sites excluding steroid dienone is 1. The molecule has 5 heteroatoms. The molecule has 0 bridgehead atoms. The Labute approximate surface area is 146 Å². The fourth-order valence-corrected chi connectivity index (χ4v) is 2.93. The summed E-state index contributed by atoms with van der Waals surface area (Å²) in [6, 6.07) is 14.3. The molecule has 1 aromatic carbocycles. The van der Waals surface area contributed by atoms with Crippen molar-refractivity contribution in [1.29, 1.82) is 0 Å². The Morgan fingerprint density at radius 2 is 1.96 bits per heavy atom. The van der Waals surface area contributed by atoms with E-state index in [2.05, 4.69) is 28.6 Å². The minimum absolute atomic E-state index is 0.862. The molecular weight excluding hydrogens is 316 g/mol. The highest BCUT2D eigenvalue weighted by Crippen LogP contribution is 2.19. The van der Waals surface area contributed by atoms with Gasteiger partial charge in [0.1, 0.15) is 11.5 Å². The van der Waals surface area contributed by atoms with Crippen LogP contribution in [0.4, 0.5) is 0 Å². The molecule has 0 aliphatic carbocycles. The van der Waals surface area contributed by atoms with E-state index in [1.165, 1.54) is 0 Å². The summed E-state index contributed by atoms with van der Waals surface area (Å²) in [5, 5.41) is 6.85. The van der Waals surface area contributed by atoms with Crippen LogP contribution < -0.4 is 0 Å². The molecule has 0 unspecified atom stereocenters. The van der Waals surface area contributed by atoms with E-state index in [0.29, 0.717) is 0 Å². The number of nitrogens with zero attached hydrogens (tertiary/aromatic N) is 4. The van der Waals surface area contributed by atoms with Crippen molar-refractivity contribution in [3.05, 3.63) is 77.0 Å². The van der Waals surface area contributed by atoms with Gasteiger partial charge >= 0.3 is 0 Å². The number of aromatic nitrogens is 2. The lowest BCUT2D eigenvalue weighted by Gasteiger charge is -2.05. The van der Waals surface area contributed by atoms with Crippen LogP contribution in [0.1, 0.15) is 10.7 Å². The Morgan fingerprint density at radius 1 is 1.17 bits per heavy atom. The van der Waals surface area contributed by atoms with E-state index in [-0.39, 0.29) is 0 Å². The fourth-order valence-electron chi connectivity index (χ4n) is 2.24. The van der Waals surface area contributed by atoms with Crippen molar-refractivity contribution < 1.29 is 0 Å². The van der Waals surface area contributed by atoms with Gasteiger partial charge in [0.25, 0.3) is 0 Å². The lowest BCUT2D eigenvalue weighted by Crippen LogP contribution is -2.05. The van der Waals surface area contributed by atoms with Crippen LogP contribution >= 0.6 is 11.3 Å². The molecular formula is C19H20N4S. The van der Waals surface area contributed by atoms with Gasteiger partial charge < -0.3 is 4.90 Å². The van der Waals surface area contributed by atoms with Gasteiger partial charge in [-0.15, -0.1) is 11.3 Å². The third-order valence-corrected chi connectivity index (χ3v) is 4.34. The molecule has 0 fully saturated rings. The van der Waals surface area contributed by atoms with Crippen LogP contribution in [0.25, 0.3) is 11.3 Å². The third-order valence-electron chi connectivity index (χ3n) is 3.45. The highest BCUT2D eigenvalue weighted by atomic mass is 32.1. The monoisotopic (exact) mass is 336 g/mol. The average Bonchev–Trinajstić information content (AvgIpc) is 3.22. The van der Waals surface area contributed by atoms with Crippen molar-refractivity contribution in [3.8, 4) is 11.3 Å². The standard InChI is InChI=1S/C19H20N4S/c1-15-20-18(16-8-5-4-6-9-16)14-23(15)21-17(11-12-22(2)3)19-10-7-13-24-19/h4-14H,1-3H3/b12-11+,21-17+. The first-order chi connectivity index (χ1) is 11.6. The summed E-state index contributed by atoms with van der Waals surface area (Å²) in [5.41, 5.74) is 2.94. The highest BCUT2D eigenvalue weighted by Gasteiger charge is 2.08. The van der Waals surface area contributed by atoms with E-state index in [1.807, 2.05) is 73.3 Å². The molecule has 0 N–H and O–H groups in total. The van der Waals surface area contributed by atoms with E-state index in [0.717, 1.165) is 27.7 Å². The van der Waals surface area contributed by atoms with Crippen molar-refractivity contribution in [1.82, 2.24) is 14.6 Å². The molecule has 0 aliphatic heterocycles. The van der Waals surface area contributed by atoms with Crippen LogP contribution in [0.3, 0.4) is 0 Å². The molecule has 0 saturated carbocycles. The third kappa shape index (κ3) is 3.81. The normalized spacial score (nSPS) is 12.0. The zero-order valence-corrected chi connectivity index (χ0v) is 14.9. The lowest BCUT2D eigenvalue weighted by molar-refractivity contribution is 0.564. The largest absolute Gasteiger partial charge is 0.383 e. The minimum atomic E-state index is 0.862. The van der Waals surface area contributed by atoms with Gasteiger partial charge in [-0.05, 0) is 24.4 Å². The second kappa shape index (κ2) is 7.27. The van der Waals surface area contributed by atoms with E-state index in [4.69, 9.17) is 5.10 Å². The summed E-state index contributed by atoms with van der Waals surface area (Å²) < 4.78 is 1.84. The van der Waals surface area contributed by atoms with Gasteiger partial charge in [0.15, 0.2) is 0 Å². The zero-order valence-electron chi connectivity index (χ0n) is 14.0. The van der Waals surface area contributed by atoms with Gasteiger partial charge in [0.2, 0.25) is 0 Å². The van der Waals surface area contributed by atoms with Crippen molar-refractivity contribution in [3.63, 3.8) is 0 Å². The molecule has 0 saturated heterocycles. The Kier molecular flexibility index (Phi) is 4.91. The smallest absolute Gasteiger partial charge is 0.127 e. The molecule has 0 radical (unpaired) electrons. The number of aryl methyl sites for hydroxylation is 1. The van der Waals surface area contributed by atoms with Crippen LogP contribution in [-0.4, -0.2) is 34.4 Å². The van der Waals surface area contributed by atoms with Crippen molar-refractivity contribution >= 4 is 17.0 Å². The summed E-state index contributed by atoms with van der Waals surface area (Å²) in [6.45, 7) is 1.97. The highest BCUT2D eigenvalue weighted by molar-refractivity contribution is 7.12. The maximum absolute atomic E-state index is 4.79. The number of hydrogen-bond acceptors (Lipinski definition) is 4. The summed E-state index contributed by atoms with van der Waals surface area (Å²) in [5.74, 6) is 0.862. The Bertz CT molecular complexity index is 843. The quantitative estimate of drug-likeness (QED) is 0.653. The predicted octanol–water partition coefficient (Wildman–Crippen LogP) is 4.25. The van der Waals surface area contributed by atoms with Gasteiger partial charge in [-0.1, -0.05) is 36.4 Å². The molecule has 3 aromatic rings. The first kappa shape index (κ1) is 16.2. The Hall–Kier alpha value is -2.66. The first-order valence-corrected chi connectivity index (χ1v) is 8.60. The van der Waals surface area contributed by atoms with Gasteiger partial charge in [-0.25, -0.2) is 9.66 Å². The van der Waals surface area contributed by atoms with Gasteiger partial charge in [0.05, 0.1) is 16.8 Å². The predicted molar refractivity (Wildman–Crippen MR) is 101 cm³/mol. The topological polar surface area (TPSA) is 33.4 Å². The molecule has 4 nitrogen and oxygen atoms in total. The zero-order chi connectivity index (χ0) is 16.9. The lowest BCUT2D eigenvalue weighted by atomic mass is 10.2.